The lowest BCUT2D eigenvalue weighted by molar-refractivity contribution is -0.123. The molecule has 0 radical (unpaired) electrons. The number of aryl methyl sites for hydroxylation is 1. The number of hydrogen-bond acceptors (Lipinski definition) is 7. The molecule has 0 atom stereocenters. The first-order valence-electron chi connectivity index (χ1n) is 11.4. The largest absolute Gasteiger partial charge is 0.489 e. The van der Waals surface area contributed by atoms with Crippen LogP contribution in [0.2, 0.25) is 0 Å². The monoisotopic (exact) mass is 478 g/mol. The Balaban J connectivity index is 1.24. The standard InChI is InChI=1S/C26H26N2O7/c1-16-12-24(30)35-22-13-20(10-11-21(16)22)33-14-17-6-8-18(9-7-17)25(31)34-15-23(29)28-26(32)27-19-4-2-3-5-19/h6-13,19H,2-5,14-15H2,1H3,(H2,27,28,29,32). The number of fused-ring (bicyclic) bond motifs is 1. The second-order valence-electron chi connectivity index (χ2n) is 8.47. The van der Waals surface area contributed by atoms with E-state index in [1.165, 1.54) is 6.07 Å². The third-order valence-corrected chi connectivity index (χ3v) is 5.80. The fraction of sp³-hybridized carbons (Fsp3) is 0.308. The molecular weight excluding hydrogens is 452 g/mol. The summed E-state index contributed by atoms with van der Waals surface area (Å²) < 4.78 is 16.0. The average Bonchev–Trinajstić information content (AvgIpc) is 3.34. The molecule has 2 aromatic carbocycles. The maximum Gasteiger partial charge on any atom is 0.338 e. The molecule has 2 N–H and O–H groups in total. The van der Waals surface area contributed by atoms with Crippen molar-refractivity contribution >= 4 is 28.9 Å². The number of amides is 3. The van der Waals surface area contributed by atoms with Crippen molar-refractivity contribution in [3.63, 3.8) is 0 Å². The van der Waals surface area contributed by atoms with Crippen molar-refractivity contribution in [1.29, 1.82) is 0 Å². The van der Waals surface area contributed by atoms with E-state index in [9.17, 15) is 19.2 Å². The van der Waals surface area contributed by atoms with E-state index in [1.807, 2.05) is 13.0 Å². The fourth-order valence-electron chi connectivity index (χ4n) is 3.97. The van der Waals surface area contributed by atoms with E-state index in [4.69, 9.17) is 13.9 Å². The van der Waals surface area contributed by atoms with Crippen LogP contribution < -0.4 is 21.0 Å². The van der Waals surface area contributed by atoms with Crippen LogP contribution in [0.4, 0.5) is 4.79 Å². The van der Waals surface area contributed by atoms with Gasteiger partial charge in [0.25, 0.3) is 5.91 Å². The second kappa shape index (κ2) is 10.9. The molecule has 182 valence electrons. The molecule has 1 aromatic heterocycles. The van der Waals surface area contributed by atoms with Gasteiger partial charge in [0, 0.05) is 23.6 Å². The van der Waals surface area contributed by atoms with Gasteiger partial charge in [-0.3, -0.25) is 10.1 Å². The lowest BCUT2D eigenvalue weighted by atomic mass is 10.1. The minimum Gasteiger partial charge on any atom is -0.489 e. The van der Waals surface area contributed by atoms with Crippen molar-refractivity contribution in [2.75, 3.05) is 6.61 Å². The quantitative estimate of drug-likeness (QED) is 0.393. The van der Waals surface area contributed by atoms with Crippen LogP contribution in [-0.2, 0) is 16.1 Å². The molecule has 9 nitrogen and oxygen atoms in total. The highest BCUT2D eigenvalue weighted by Gasteiger charge is 2.19. The van der Waals surface area contributed by atoms with E-state index in [0.717, 1.165) is 42.2 Å². The predicted octanol–water partition coefficient (Wildman–Crippen LogP) is 3.61. The molecule has 1 aliphatic rings. The Morgan fingerprint density at radius 2 is 1.77 bits per heavy atom. The molecule has 0 aliphatic heterocycles. The van der Waals surface area contributed by atoms with Crippen LogP contribution in [0.5, 0.6) is 5.75 Å². The first kappa shape index (κ1) is 24.0. The summed E-state index contributed by atoms with van der Waals surface area (Å²) in [4.78, 5) is 47.5. The molecule has 0 unspecified atom stereocenters. The van der Waals surface area contributed by atoms with E-state index in [1.54, 1.807) is 36.4 Å². The zero-order chi connectivity index (χ0) is 24.8. The summed E-state index contributed by atoms with van der Waals surface area (Å²) in [6.07, 6.45) is 3.92. The number of rotatable bonds is 7. The number of benzene rings is 2. The van der Waals surface area contributed by atoms with Gasteiger partial charge in [-0.1, -0.05) is 25.0 Å². The molecule has 1 fully saturated rings. The fourth-order valence-corrected chi connectivity index (χ4v) is 3.97. The molecule has 3 aromatic rings. The van der Waals surface area contributed by atoms with Crippen molar-refractivity contribution in [2.24, 2.45) is 0 Å². The number of carbonyl (C=O) groups is 3. The molecule has 4 rings (SSSR count). The molecule has 0 bridgehead atoms. The van der Waals surface area contributed by atoms with E-state index in [0.29, 0.717) is 11.3 Å². The van der Waals surface area contributed by atoms with Gasteiger partial charge in [0.05, 0.1) is 5.56 Å². The Bertz CT molecular complexity index is 1290. The van der Waals surface area contributed by atoms with Crippen LogP contribution in [0.1, 0.15) is 47.2 Å². The molecule has 1 saturated carbocycles. The number of imide groups is 1. The molecular formula is C26H26N2O7. The Morgan fingerprint density at radius 1 is 1.03 bits per heavy atom. The highest BCUT2D eigenvalue weighted by atomic mass is 16.5. The predicted molar refractivity (Wildman–Crippen MR) is 127 cm³/mol. The van der Waals surface area contributed by atoms with Gasteiger partial charge in [0.2, 0.25) is 0 Å². The van der Waals surface area contributed by atoms with Gasteiger partial charge in [0.15, 0.2) is 6.61 Å². The zero-order valence-electron chi connectivity index (χ0n) is 19.3. The van der Waals surface area contributed by atoms with Gasteiger partial charge in [0.1, 0.15) is 17.9 Å². The number of urea groups is 1. The van der Waals surface area contributed by atoms with Crippen LogP contribution in [0.3, 0.4) is 0 Å². The molecule has 0 saturated heterocycles. The minimum atomic E-state index is -0.694. The molecule has 3 amide bonds. The van der Waals surface area contributed by atoms with Gasteiger partial charge in [-0.25, -0.2) is 14.4 Å². The Hall–Kier alpha value is -4.14. The van der Waals surface area contributed by atoms with Gasteiger partial charge < -0.3 is 19.2 Å². The SMILES string of the molecule is Cc1cc(=O)oc2cc(OCc3ccc(C(=O)OCC(=O)NC(=O)NC4CCCC4)cc3)ccc12. The number of carbonyl (C=O) groups excluding carboxylic acids is 3. The Morgan fingerprint density at radius 3 is 2.51 bits per heavy atom. The lowest BCUT2D eigenvalue weighted by Gasteiger charge is -2.12. The molecule has 9 heteroatoms. The van der Waals surface area contributed by atoms with Crippen molar-refractivity contribution in [1.82, 2.24) is 10.6 Å². The highest BCUT2D eigenvalue weighted by molar-refractivity contribution is 5.97. The van der Waals surface area contributed by atoms with Crippen LogP contribution >= 0.6 is 0 Å². The zero-order valence-corrected chi connectivity index (χ0v) is 19.3. The summed E-state index contributed by atoms with van der Waals surface area (Å²) in [5.74, 6) is -0.832. The number of ether oxygens (including phenoxy) is 2. The van der Waals surface area contributed by atoms with Crippen LogP contribution in [0, 0.1) is 6.92 Å². The second-order valence-corrected chi connectivity index (χ2v) is 8.47. The summed E-state index contributed by atoms with van der Waals surface area (Å²) in [5.41, 5.74) is 1.92. The van der Waals surface area contributed by atoms with E-state index in [-0.39, 0.29) is 18.2 Å². The van der Waals surface area contributed by atoms with Crippen LogP contribution in [-0.4, -0.2) is 30.6 Å². The molecule has 0 spiro atoms. The first-order chi connectivity index (χ1) is 16.9. The summed E-state index contributed by atoms with van der Waals surface area (Å²) in [5, 5.41) is 5.73. The Kier molecular flexibility index (Phi) is 7.45. The van der Waals surface area contributed by atoms with Crippen molar-refractivity contribution in [2.45, 2.75) is 45.3 Å². The maximum atomic E-state index is 12.2. The van der Waals surface area contributed by atoms with Gasteiger partial charge in [-0.2, -0.15) is 0 Å². The average molecular weight is 479 g/mol. The maximum absolute atomic E-state index is 12.2. The number of esters is 1. The van der Waals surface area contributed by atoms with Crippen molar-refractivity contribution in [3.05, 3.63) is 75.6 Å². The summed E-state index contributed by atoms with van der Waals surface area (Å²) >= 11 is 0. The van der Waals surface area contributed by atoms with Crippen LogP contribution in [0.15, 0.2) is 57.7 Å². The van der Waals surface area contributed by atoms with Gasteiger partial charge in [-0.05, 0) is 55.2 Å². The Labute approximate surface area is 201 Å². The van der Waals surface area contributed by atoms with Gasteiger partial charge >= 0.3 is 17.6 Å². The molecule has 1 heterocycles. The number of hydrogen-bond donors (Lipinski definition) is 2. The van der Waals surface area contributed by atoms with E-state index in [2.05, 4.69) is 10.6 Å². The minimum absolute atomic E-state index is 0.0824. The topological polar surface area (TPSA) is 124 Å². The first-order valence-corrected chi connectivity index (χ1v) is 11.4. The smallest absolute Gasteiger partial charge is 0.338 e. The lowest BCUT2D eigenvalue weighted by Crippen LogP contribution is -2.44. The van der Waals surface area contributed by atoms with Crippen molar-refractivity contribution in [3.8, 4) is 5.75 Å². The summed E-state index contributed by atoms with van der Waals surface area (Å²) in [7, 11) is 0. The normalized spacial score (nSPS) is 13.4. The van der Waals surface area contributed by atoms with Gasteiger partial charge in [-0.15, -0.1) is 0 Å². The molecule has 35 heavy (non-hydrogen) atoms. The van der Waals surface area contributed by atoms with E-state index >= 15 is 0 Å². The van der Waals surface area contributed by atoms with Crippen LogP contribution in [0.25, 0.3) is 11.0 Å². The van der Waals surface area contributed by atoms with E-state index < -0.39 is 30.1 Å². The third kappa shape index (κ3) is 6.47. The molecule has 1 aliphatic carbocycles. The number of nitrogens with one attached hydrogen (secondary N) is 2. The summed E-state index contributed by atoms with van der Waals surface area (Å²) in [6.45, 7) is 1.52. The summed E-state index contributed by atoms with van der Waals surface area (Å²) in [6, 6.07) is 12.8. The van der Waals surface area contributed by atoms with Crippen molar-refractivity contribution < 1.29 is 28.3 Å². The third-order valence-electron chi connectivity index (χ3n) is 5.80. The highest BCUT2D eigenvalue weighted by Crippen LogP contribution is 2.23.